The lowest BCUT2D eigenvalue weighted by molar-refractivity contribution is -0.120. The summed E-state index contributed by atoms with van der Waals surface area (Å²) in [5, 5.41) is 6.77. The molecule has 0 aliphatic carbocycles. The van der Waals surface area contributed by atoms with Crippen LogP contribution in [0.4, 0.5) is 11.8 Å². The summed E-state index contributed by atoms with van der Waals surface area (Å²) in [5.41, 5.74) is 6.45. The number of hydrogen-bond donors (Lipinski definition) is 3. The standard InChI is InChI=1S/C13H17N5O/c1-2-15-11(19)7-8-16-12-9-5-3-4-6-10(9)17-13(14)18-12/h3-6H,2,7-8H2,1H3,(H,15,19)(H3,14,16,17,18). The van der Waals surface area contributed by atoms with Gasteiger partial charge in [0.15, 0.2) is 0 Å². The maximum Gasteiger partial charge on any atom is 0.222 e. The Kier molecular flexibility index (Phi) is 4.12. The fraction of sp³-hybridized carbons (Fsp3) is 0.308. The predicted molar refractivity (Wildman–Crippen MR) is 75.7 cm³/mol. The predicted octanol–water partition coefficient (Wildman–Crippen LogP) is 1.15. The fourth-order valence-corrected chi connectivity index (χ4v) is 1.81. The van der Waals surface area contributed by atoms with Crippen LogP contribution in [0.5, 0.6) is 0 Å². The summed E-state index contributed by atoms with van der Waals surface area (Å²) in [6.07, 6.45) is 0.395. The van der Waals surface area contributed by atoms with Crippen LogP contribution in [-0.4, -0.2) is 29.0 Å². The van der Waals surface area contributed by atoms with Gasteiger partial charge in [0.1, 0.15) is 5.82 Å². The minimum absolute atomic E-state index is 0.0151. The summed E-state index contributed by atoms with van der Waals surface area (Å²) in [6.45, 7) is 3.04. The molecular formula is C13H17N5O. The number of amides is 1. The molecule has 100 valence electrons. The average molecular weight is 259 g/mol. The highest BCUT2D eigenvalue weighted by Crippen LogP contribution is 2.20. The molecule has 0 saturated carbocycles. The molecule has 0 fully saturated rings. The number of aromatic nitrogens is 2. The molecular weight excluding hydrogens is 242 g/mol. The third-order valence-corrected chi connectivity index (χ3v) is 2.64. The molecule has 0 bridgehead atoms. The monoisotopic (exact) mass is 259 g/mol. The minimum Gasteiger partial charge on any atom is -0.369 e. The van der Waals surface area contributed by atoms with Crippen molar-refractivity contribution in [2.45, 2.75) is 13.3 Å². The molecule has 0 radical (unpaired) electrons. The van der Waals surface area contributed by atoms with Crippen LogP contribution < -0.4 is 16.4 Å². The van der Waals surface area contributed by atoms with E-state index in [0.717, 1.165) is 10.9 Å². The Morgan fingerprint density at radius 2 is 2.11 bits per heavy atom. The molecule has 0 atom stereocenters. The van der Waals surface area contributed by atoms with Crippen molar-refractivity contribution in [2.75, 3.05) is 24.1 Å². The molecule has 1 aromatic carbocycles. The molecule has 6 heteroatoms. The van der Waals surface area contributed by atoms with Gasteiger partial charge in [-0.05, 0) is 19.1 Å². The van der Waals surface area contributed by atoms with Gasteiger partial charge in [0.2, 0.25) is 11.9 Å². The van der Waals surface area contributed by atoms with Crippen molar-refractivity contribution in [2.24, 2.45) is 0 Å². The summed E-state index contributed by atoms with van der Waals surface area (Å²) in [7, 11) is 0. The third kappa shape index (κ3) is 3.31. The number of rotatable bonds is 5. The number of anilines is 2. The lowest BCUT2D eigenvalue weighted by atomic mass is 10.2. The van der Waals surface area contributed by atoms with E-state index in [1.165, 1.54) is 0 Å². The van der Waals surface area contributed by atoms with Crippen LogP contribution in [-0.2, 0) is 4.79 Å². The number of para-hydroxylation sites is 1. The van der Waals surface area contributed by atoms with Gasteiger partial charge < -0.3 is 16.4 Å². The van der Waals surface area contributed by atoms with Crippen molar-refractivity contribution in [1.82, 2.24) is 15.3 Å². The Balaban J connectivity index is 2.10. The van der Waals surface area contributed by atoms with Crippen molar-refractivity contribution in [1.29, 1.82) is 0 Å². The largest absolute Gasteiger partial charge is 0.369 e. The van der Waals surface area contributed by atoms with Crippen molar-refractivity contribution < 1.29 is 4.79 Å². The number of nitrogens with one attached hydrogen (secondary N) is 2. The molecule has 6 nitrogen and oxygen atoms in total. The Labute approximate surface area is 111 Å². The Bertz CT molecular complexity index is 584. The zero-order valence-corrected chi connectivity index (χ0v) is 10.8. The highest BCUT2D eigenvalue weighted by atomic mass is 16.1. The Morgan fingerprint density at radius 3 is 2.89 bits per heavy atom. The smallest absolute Gasteiger partial charge is 0.222 e. The van der Waals surface area contributed by atoms with Gasteiger partial charge in [0.05, 0.1) is 5.52 Å². The topological polar surface area (TPSA) is 92.9 Å². The number of nitrogen functional groups attached to an aromatic ring is 1. The van der Waals surface area contributed by atoms with Crippen LogP contribution in [0.2, 0.25) is 0 Å². The average Bonchev–Trinajstić information content (AvgIpc) is 2.38. The van der Waals surface area contributed by atoms with E-state index >= 15 is 0 Å². The Morgan fingerprint density at radius 1 is 1.32 bits per heavy atom. The van der Waals surface area contributed by atoms with Gasteiger partial charge in [-0.3, -0.25) is 4.79 Å². The van der Waals surface area contributed by atoms with Crippen LogP contribution >= 0.6 is 0 Å². The zero-order chi connectivity index (χ0) is 13.7. The molecule has 2 aromatic rings. The van der Waals surface area contributed by atoms with E-state index in [0.29, 0.717) is 25.3 Å². The van der Waals surface area contributed by atoms with Crippen molar-refractivity contribution in [3.05, 3.63) is 24.3 Å². The quantitative estimate of drug-likeness (QED) is 0.749. The van der Waals surface area contributed by atoms with Crippen molar-refractivity contribution in [3.8, 4) is 0 Å². The summed E-state index contributed by atoms with van der Waals surface area (Å²) >= 11 is 0. The summed E-state index contributed by atoms with van der Waals surface area (Å²) in [5.74, 6) is 0.896. The highest BCUT2D eigenvalue weighted by Gasteiger charge is 2.06. The number of fused-ring (bicyclic) bond motifs is 1. The van der Waals surface area contributed by atoms with Crippen LogP contribution in [0.15, 0.2) is 24.3 Å². The maximum atomic E-state index is 11.4. The molecule has 0 saturated heterocycles. The van der Waals surface area contributed by atoms with Gasteiger partial charge in [-0.2, -0.15) is 4.98 Å². The molecule has 2 rings (SSSR count). The molecule has 1 heterocycles. The summed E-state index contributed by atoms with van der Waals surface area (Å²) in [6, 6.07) is 7.61. The molecule has 0 unspecified atom stereocenters. The first kappa shape index (κ1) is 13.1. The zero-order valence-electron chi connectivity index (χ0n) is 10.8. The third-order valence-electron chi connectivity index (χ3n) is 2.64. The van der Waals surface area contributed by atoms with Gasteiger partial charge >= 0.3 is 0 Å². The lowest BCUT2D eigenvalue weighted by Gasteiger charge is -2.09. The molecule has 0 aliphatic heterocycles. The van der Waals surface area contributed by atoms with E-state index in [2.05, 4.69) is 20.6 Å². The number of carbonyl (C=O) groups is 1. The summed E-state index contributed by atoms with van der Waals surface area (Å²) < 4.78 is 0. The normalized spacial score (nSPS) is 10.4. The minimum atomic E-state index is 0.0151. The SMILES string of the molecule is CCNC(=O)CCNc1nc(N)nc2ccccc12. The van der Waals surface area contributed by atoms with Gasteiger partial charge in [-0.25, -0.2) is 4.98 Å². The van der Waals surface area contributed by atoms with Crippen molar-refractivity contribution in [3.63, 3.8) is 0 Å². The molecule has 4 N–H and O–H groups in total. The highest BCUT2D eigenvalue weighted by molar-refractivity contribution is 5.90. The summed E-state index contributed by atoms with van der Waals surface area (Å²) in [4.78, 5) is 19.7. The lowest BCUT2D eigenvalue weighted by Crippen LogP contribution is -2.24. The van der Waals surface area contributed by atoms with E-state index < -0.39 is 0 Å². The number of nitrogens with zero attached hydrogens (tertiary/aromatic N) is 2. The van der Waals surface area contributed by atoms with Gasteiger partial charge in [0.25, 0.3) is 0 Å². The molecule has 0 spiro atoms. The van der Waals surface area contributed by atoms with E-state index in [9.17, 15) is 4.79 Å². The van der Waals surface area contributed by atoms with Gasteiger partial charge in [-0.1, -0.05) is 12.1 Å². The number of benzene rings is 1. The van der Waals surface area contributed by atoms with Crippen LogP contribution in [0.1, 0.15) is 13.3 Å². The van der Waals surface area contributed by atoms with Crippen molar-refractivity contribution >= 4 is 28.6 Å². The second kappa shape index (κ2) is 5.99. The Hall–Kier alpha value is -2.37. The van der Waals surface area contributed by atoms with E-state index in [-0.39, 0.29) is 11.9 Å². The molecule has 0 aliphatic rings. The van der Waals surface area contributed by atoms with E-state index in [1.54, 1.807) is 0 Å². The number of hydrogen-bond acceptors (Lipinski definition) is 5. The first-order valence-electron chi connectivity index (χ1n) is 6.23. The first-order valence-corrected chi connectivity index (χ1v) is 6.23. The van der Waals surface area contributed by atoms with E-state index in [1.807, 2.05) is 31.2 Å². The van der Waals surface area contributed by atoms with E-state index in [4.69, 9.17) is 5.73 Å². The second-order valence-electron chi connectivity index (χ2n) is 4.08. The fourth-order valence-electron chi connectivity index (χ4n) is 1.81. The second-order valence-corrected chi connectivity index (χ2v) is 4.08. The van der Waals surface area contributed by atoms with Crippen LogP contribution in [0, 0.1) is 0 Å². The number of nitrogens with two attached hydrogens (primary N) is 1. The maximum absolute atomic E-state index is 11.4. The van der Waals surface area contributed by atoms with Gasteiger partial charge in [-0.15, -0.1) is 0 Å². The first-order chi connectivity index (χ1) is 9.20. The van der Waals surface area contributed by atoms with Crippen LogP contribution in [0.3, 0.4) is 0 Å². The molecule has 1 amide bonds. The van der Waals surface area contributed by atoms with Gasteiger partial charge in [0, 0.05) is 24.9 Å². The number of carbonyl (C=O) groups excluding carboxylic acids is 1. The molecule has 19 heavy (non-hydrogen) atoms. The van der Waals surface area contributed by atoms with Crippen LogP contribution in [0.25, 0.3) is 10.9 Å². The molecule has 1 aromatic heterocycles.